The maximum absolute atomic E-state index is 11.9. The Morgan fingerprint density at radius 1 is 1.00 bits per heavy atom. The summed E-state index contributed by atoms with van der Waals surface area (Å²) in [7, 11) is 0. The van der Waals surface area contributed by atoms with Gasteiger partial charge in [-0.2, -0.15) is 0 Å². The Bertz CT molecular complexity index is 740. The molecular weight excluding hydrogens is 346 g/mol. The van der Waals surface area contributed by atoms with E-state index in [9.17, 15) is 4.79 Å². The number of hydrogen-bond acceptors (Lipinski definition) is 3. The predicted molar refractivity (Wildman–Crippen MR) is 109 cm³/mol. The topological polar surface area (TPSA) is 35.6 Å². The highest BCUT2D eigenvalue weighted by atomic mass is 35.5. The fraction of sp³-hybridized carbons (Fsp3) is 0.286. The third kappa shape index (κ3) is 5.35. The van der Waals surface area contributed by atoms with Gasteiger partial charge in [0.05, 0.1) is 0 Å². The van der Waals surface area contributed by atoms with Crippen LogP contribution < -0.4 is 10.2 Å². The van der Waals surface area contributed by atoms with Gasteiger partial charge in [0, 0.05) is 56.1 Å². The van der Waals surface area contributed by atoms with Crippen LogP contribution in [0.2, 0.25) is 5.02 Å². The van der Waals surface area contributed by atoms with Crippen LogP contribution in [0.4, 0.5) is 5.69 Å². The summed E-state index contributed by atoms with van der Waals surface area (Å²) in [5, 5.41) is 3.58. The molecule has 0 aliphatic carbocycles. The molecule has 0 radical (unpaired) electrons. The molecule has 1 amide bonds. The quantitative estimate of drug-likeness (QED) is 0.794. The van der Waals surface area contributed by atoms with Crippen molar-refractivity contribution in [1.29, 1.82) is 0 Å². The highest BCUT2D eigenvalue weighted by molar-refractivity contribution is 6.32. The summed E-state index contributed by atoms with van der Waals surface area (Å²) >= 11 is 6.08. The van der Waals surface area contributed by atoms with Gasteiger partial charge in [-0.15, -0.1) is 0 Å². The van der Waals surface area contributed by atoms with Crippen LogP contribution in [0.15, 0.2) is 60.7 Å². The van der Waals surface area contributed by atoms with Gasteiger partial charge in [-0.25, -0.2) is 0 Å². The van der Waals surface area contributed by atoms with Gasteiger partial charge in [0.25, 0.3) is 0 Å². The first kappa shape index (κ1) is 18.5. The van der Waals surface area contributed by atoms with Crippen molar-refractivity contribution < 1.29 is 4.79 Å². The van der Waals surface area contributed by atoms with Crippen LogP contribution in [0.3, 0.4) is 0 Å². The summed E-state index contributed by atoms with van der Waals surface area (Å²) in [6, 6.07) is 18.0. The van der Waals surface area contributed by atoms with E-state index in [1.54, 1.807) is 6.08 Å². The molecule has 1 heterocycles. The molecule has 0 atom stereocenters. The number of para-hydroxylation sites is 1. The molecule has 0 saturated carbocycles. The first-order chi connectivity index (χ1) is 12.7. The summed E-state index contributed by atoms with van der Waals surface area (Å²) in [6.07, 6.45) is 3.28. The van der Waals surface area contributed by atoms with Crippen molar-refractivity contribution in [3.8, 4) is 0 Å². The Kier molecular flexibility index (Phi) is 6.69. The molecule has 0 spiro atoms. The van der Waals surface area contributed by atoms with Gasteiger partial charge in [0.2, 0.25) is 5.91 Å². The number of piperazine rings is 1. The van der Waals surface area contributed by atoms with E-state index >= 15 is 0 Å². The Balaban J connectivity index is 1.36. The van der Waals surface area contributed by atoms with Gasteiger partial charge in [0.15, 0.2) is 0 Å². The summed E-state index contributed by atoms with van der Waals surface area (Å²) in [6.45, 7) is 5.58. The maximum Gasteiger partial charge on any atom is 0.244 e. The number of amides is 1. The molecule has 3 rings (SSSR count). The van der Waals surface area contributed by atoms with Crippen LogP contribution in [0.25, 0.3) is 6.08 Å². The van der Waals surface area contributed by atoms with Crippen molar-refractivity contribution in [2.24, 2.45) is 0 Å². The van der Waals surface area contributed by atoms with Crippen LogP contribution in [0.1, 0.15) is 5.56 Å². The zero-order valence-electron chi connectivity index (χ0n) is 14.8. The maximum atomic E-state index is 11.9. The minimum absolute atomic E-state index is 0.0900. The third-order valence-electron chi connectivity index (χ3n) is 4.54. The smallest absolute Gasteiger partial charge is 0.244 e. The summed E-state index contributed by atoms with van der Waals surface area (Å²) in [5.41, 5.74) is 2.13. The second-order valence-corrected chi connectivity index (χ2v) is 6.72. The van der Waals surface area contributed by atoms with Crippen LogP contribution in [-0.4, -0.2) is 50.1 Å². The van der Waals surface area contributed by atoms with Gasteiger partial charge in [0.1, 0.15) is 0 Å². The fourth-order valence-electron chi connectivity index (χ4n) is 3.04. The summed E-state index contributed by atoms with van der Waals surface area (Å²) in [4.78, 5) is 16.7. The van der Waals surface area contributed by atoms with E-state index < -0.39 is 0 Å². The second kappa shape index (κ2) is 9.41. The monoisotopic (exact) mass is 369 g/mol. The molecule has 0 unspecified atom stereocenters. The number of hydrogen-bond donors (Lipinski definition) is 1. The van der Waals surface area contributed by atoms with E-state index in [0.29, 0.717) is 11.6 Å². The van der Waals surface area contributed by atoms with Crippen molar-refractivity contribution in [2.45, 2.75) is 0 Å². The molecule has 1 aliphatic heterocycles. The third-order valence-corrected chi connectivity index (χ3v) is 4.88. The lowest BCUT2D eigenvalue weighted by molar-refractivity contribution is -0.116. The largest absolute Gasteiger partial charge is 0.369 e. The van der Waals surface area contributed by atoms with Crippen molar-refractivity contribution >= 4 is 29.3 Å². The highest BCUT2D eigenvalue weighted by Crippen LogP contribution is 2.16. The molecule has 136 valence electrons. The first-order valence-corrected chi connectivity index (χ1v) is 9.33. The fourth-order valence-corrected chi connectivity index (χ4v) is 3.24. The number of benzene rings is 2. The van der Waals surface area contributed by atoms with E-state index in [1.165, 1.54) is 11.8 Å². The van der Waals surface area contributed by atoms with Gasteiger partial charge < -0.3 is 10.2 Å². The standard InChI is InChI=1S/C21H24ClN3O/c22-20-9-5-4-6-18(20)10-11-21(26)23-12-13-24-14-16-25(17-15-24)19-7-2-1-3-8-19/h1-11H,12-17H2,(H,23,26)/b11-10+. The van der Waals surface area contributed by atoms with Crippen LogP contribution in [-0.2, 0) is 4.79 Å². The van der Waals surface area contributed by atoms with E-state index in [1.807, 2.05) is 30.3 Å². The van der Waals surface area contributed by atoms with Gasteiger partial charge in [-0.05, 0) is 29.8 Å². The molecule has 0 bridgehead atoms. The normalized spacial score (nSPS) is 15.3. The SMILES string of the molecule is O=C(/C=C/c1ccccc1Cl)NCCN1CCN(c2ccccc2)CC1. The van der Waals surface area contributed by atoms with Crippen molar-refractivity contribution in [3.05, 3.63) is 71.3 Å². The highest BCUT2D eigenvalue weighted by Gasteiger charge is 2.16. The van der Waals surface area contributed by atoms with Crippen LogP contribution in [0.5, 0.6) is 0 Å². The number of halogens is 1. The number of carbonyl (C=O) groups is 1. The zero-order valence-corrected chi connectivity index (χ0v) is 15.5. The Morgan fingerprint density at radius 3 is 2.42 bits per heavy atom. The van der Waals surface area contributed by atoms with Crippen molar-refractivity contribution in [2.75, 3.05) is 44.2 Å². The number of anilines is 1. The molecule has 1 fully saturated rings. The van der Waals surface area contributed by atoms with E-state index in [0.717, 1.165) is 38.3 Å². The van der Waals surface area contributed by atoms with Gasteiger partial charge >= 0.3 is 0 Å². The van der Waals surface area contributed by atoms with E-state index in [2.05, 4.69) is 39.4 Å². The lowest BCUT2D eigenvalue weighted by Crippen LogP contribution is -2.48. The average Bonchev–Trinajstić information content (AvgIpc) is 2.69. The summed E-state index contributed by atoms with van der Waals surface area (Å²) in [5.74, 6) is -0.0900. The zero-order chi connectivity index (χ0) is 18.2. The lowest BCUT2D eigenvalue weighted by atomic mass is 10.2. The molecule has 4 nitrogen and oxygen atoms in total. The van der Waals surface area contributed by atoms with Crippen molar-refractivity contribution in [3.63, 3.8) is 0 Å². The molecule has 2 aromatic rings. The van der Waals surface area contributed by atoms with Gasteiger partial charge in [-0.1, -0.05) is 48.0 Å². The summed E-state index contributed by atoms with van der Waals surface area (Å²) < 4.78 is 0. The Morgan fingerprint density at radius 2 is 1.69 bits per heavy atom. The molecule has 2 aromatic carbocycles. The predicted octanol–water partition coefficient (Wildman–Crippen LogP) is 3.29. The first-order valence-electron chi connectivity index (χ1n) is 8.95. The van der Waals surface area contributed by atoms with E-state index in [-0.39, 0.29) is 5.91 Å². The molecular formula is C21H24ClN3O. The average molecular weight is 370 g/mol. The van der Waals surface area contributed by atoms with Gasteiger partial charge in [-0.3, -0.25) is 9.69 Å². The minimum atomic E-state index is -0.0900. The second-order valence-electron chi connectivity index (χ2n) is 6.31. The number of carbonyl (C=O) groups excluding carboxylic acids is 1. The van der Waals surface area contributed by atoms with Crippen molar-refractivity contribution in [1.82, 2.24) is 10.2 Å². The number of nitrogens with zero attached hydrogens (tertiary/aromatic N) is 2. The molecule has 1 aliphatic rings. The Hall–Kier alpha value is -2.30. The number of rotatable bonds is 6. The molecule has 26 heavy (non-hydrogen) atoms. The Labute approximate surface area is 160 Å². The van der Waals surface area contributed by atoms with Crippen LogP contribution >= 0.6 is 11.6 Å². The molecule has 0 aromatic heterocycles. The van der Waals surface area contributed by atoms with E-state index in [4.69, 9.17) is 11.6 Å². The molecule has 5 heteroatoms. The van der Waals surface area contributed by atoms with Crippen LogP contribution in [0, 0.1) is 0 Å². The molecule has 1 saturated heterocycles. The minimum Gasteiger partial charge on any atom is -0.369 e. The lowest BCUT2D eigenvalue weighted by Gasteiger charge is -2.36. The number of nitrogens with one attached hydrogen (secondary N) is 1. The molecule has 1 N–H and O–H groups in total.